The smallest absolute Gasteiger partial charge is 0.255 e. The number of nitrogens with one attached hydrogen (secondary N) is 2. The predicted molar refractivity (Wildman–Crippen MR) is 99.4 cm³/mol. The summed E-state index contributed by atoms with van der Waals surface area (Å²) in [6.07, 6.45) is 1.54. The monoisotopic (exact) mass is 351 g/mol. The van der Waals surface area contributed by atoms with Crippen molar-refractivity contribution in [3.8, 4) is 22.8 Å². The third-order valence-electron chi connectivity index (χ3n) is 3.93. The summed E-state index contributed by atoms with van der Waals surface area (Å²) < 4.78 is 10.8. The van der Waals surface area contributed by atoms with Crippen molar-refractivity contribution in [2.75, 3.05) is 13.7 Å². The van der Waals surface area contributed by atoms with Gasteiger partial charge in [-0.15, -0.1) is 0 Å². The van der Waals surface area contributed by atoms with Crippen molar-refractivity contribution >= 4 is 5.91 Å². The molecule has 1 aromatic heterocycles. The van der Waals surface area contributed by atoms with Crippen molar-refractivity contribution in [2.24, 2.45) is 0 Å². The van der Waals surface area contributed by atoms with Gasteiger partial charge in [0, 0.05) is 12.1 Å². The lowest BCUT2D eigenvalue weighted by molar-refractivity contribution is 0.0951. The molecule has 0 aliphatic carbocycles. The Morgan fingerprint density at radius 3 is 2.69 bits per heavy atom. The fourth-order valence-corrected chi connectivity index (χ4v) is 2.66. The van der Waals surface area contributed by atoms with Crippen LogP contribution in [0.5, 0.6) is 11.5 Å². The molecule has 0 saturated heterocycles. The Labute approximate surface area is 152 Å². The molecule has 0 unspecified atom stereocenters. The molecule has 2 aromatic carbocycles. The maximum Gasteiger partial charge on any atom is 0.255 e. The van der Waals surface area contributed by atoms with Crippen molar-refractivity contribution in [3.05, 3.63) is 65.9 Å². The van der Waals surface area contributed by atoms with E-state index >= 15 is 0 Å². The lowest BCUT2D eigenvalue weighted by atomic mass is 10.1. The second kappa shape index (κ2) is 8.20. The first-order valence-electron chi connectivity index (χ1n) is 8.39. The Hall–Kier alpha value is -3.28. The number of nitrogens with zero attached hydrogens (tertiary/aromatic N) is 1. The second-order valence-electron chi connectivity index (χ2n) is 5.63. The van der Waals surface area contributed by atoms with Crippen LogP contribution in [-0.4, -0.2) is 29.8 Å². The van der Waals surface area contributed by atoms with E-state index in [1.54, 1.807) is 7.11 Å². The minimum atomic E-state index is -0.189. The van der Waals surface area contributed by atoms with Gasteiger partial charge in [-0.3, -0.25) is 9.89 Å². The molecule has 0 aliphatic heterocycles. The number of aromatic nitrogens is 2. The lowest BCUT2D eigenvalue weighted by Crippen LogP contribution is -2.23. The van der Waals surface area contributed by atoms with E-state index in [1.807, 2.05) is 55.5 Å². The number of aromatic amines is 1. The highest BCUT2D eigenvalue weighted by atomic mass is 16.5. The molecular formula is C20H21N3O3. The van der Waals surface area contributed by atoms with Gasteiger partial charge in [-0.05, 0) is 24.6 Å². The van der Waals surface area contributed by atoms with Gasteiger partial charge in [-0.25, -0.2) is 0 Å². The number of carbonyl (C=O) groups is 1. The topological polar surface area (TPSA) is 76.2 Å². The number of benzene rings is 2. The van der Waals surface area contributed by atoms with Crippen LogP contribution in [-0.2, 0) is 6.54 Å². The van der Waals surface area contributed by atoms with Crippen molar-refractivity contribution in [2.45, 2.75) is 13.5 Å². The van der Waals surface area contributed by atoms with Crippen LogP contribution >= 0.6 is 0 Å². The standard InChI is InChI=1S/C20H21N3O3/c1-3-26-18-11-14(9-10-17(18)25-2)12-21-20(24)16-13-22-23-19(16)15-7-5-4-6-8-15/h4-11,13H,3,12H2,1-2H3,(H,21,24)(H,22,23). The number of carbonyl (C=O) groups excluding carboxylic acids is 1. The molecule has 0 radical (unpaired) electrons. The largest absolute Gasteiger partial charge is 0.493 e. The van der Waals surface area contributed by atoms with Crippen LogP contribution in [0.25, 0.3) is 11.3 Å². The van der Waals surface area contributed by atoms with Crippen LogP contribution in [0, 0.1) is 0 Å². The molecule has 6 heteroatoms. The highest BCUT2D eigenvalue weighted by Crippen LogP contribution is 2.28. The van der Waals surface area contributed by atoms with Crippen LogP contribution in [0.15, 0.2) is 54.7 Å². The van der Waals surface area contributed by atoms with Crippen LogP contribution in [0.4, 0.5) is 0 Å². The van der Waals surface area contributed by atoms with E-state index in [1.165, 1.54) is 6.20 Å². The Balaban J connectivity index is 1.72. The van der Waals surface area contributed by atoms with Gasteiger partial charge in [0.2, 0.25) is 0 Å². The number of hydrogen-bond acceptors (Lipinski definition) is 4. The van der Waals surface area contributed by atoms with Crippen molar-refractivity contribution in [1.82, 2.24) is 15.5 Å². The molecule has 0 aliphatic rings. The fraction of sp³-hybridized carbons (Fsp3) is 0.200. The summed E-state index contributed by atoms with van der Waals surface area (Å²) in [4.78, 5) is 12.6. The highest BCUT2D eigenvalue weighted by molar-refractivity contribution is 5.99. The Morgan fingerprint density at radius 2 is 1.96 bits per heavy atom. The number of hydrogen-bond donors (Lipinski definition) is 2. The summed E-state index contributed by atoms with van der Waals surface area (Å²) >= 11 is 0. The molecule has 2 N–H and O–H groups in total. The molecular weight excluding hydrogens is 330 g/mol. The third-order valence-corrected chi connectivity index (χ3v) is 3.93. The van der Waals surface area contributed by atoms with E-state index in [-0.39, 0.29) is 5.91 Å². The Morgan fingerprint density at radius 1 is 1.15 bits per heavy atom. The van der Waals surface area contributed by atoms with Gasteiger partial charge in [0.25, 0.3) is 5.91 Å². The molecule has 1 heterocycles. The molecule has 0 fully saturated rings. The zero-order valence-corrected chi connectivity index (χ0v) is 14.8. The predicted octanol–water partition coefficient (Wildman–Crippen LogP) is 3.41. The number of methoxy groups -OCH3 is 1. The van der Waals surface area contributed by atoms with Crippen LogP contribution in [0.2, 0.25) is 0 Å². The van der Waals surface area contributed by atoms with Gasteiger partial charge in [0.1, 0.15) is 0 Å². The van der Waals surface area contributed by atoms with E-state index in [2.05, 4.69) is 15.5 Å². The normalized spacial score (nSPS) is 10.4. The van der Waals surface area contributed by atoms with Crippen LogP contribution in [0.3, 0.4) is 0 Å². The van der Waals surface area contributed by atoms with Crippen LogP contribution < -0.4 is 14.8 Å². The van der Waals surface area contributed by atoms with E-state index in [0.29, 0.717) is 35.9 Å². The fourth-order valence-electron chi connectivity index (χ4n) is 2.66. The Kier molecular flexibility index (Phi) is 5.53. The number of H-pyrrole nitrogens is 1. The zero-order valence-electron chi connectivity index (χ0n) is 14.8. The van der Waals surface area contributed by atoms with Gasteiger partial charge >= 0.3 is 0 Å². The van der Waals surface area contributed by atoms with Gasteiger partial charge < -0.3 is 14.8 Å². The molecule has 0 saturated carbocycles. The number of amides is 1. The highest BCUT2D eigenvalue weighted by Gasteiger charge is 2.15. The molecule has 0 spiro atoms. The molecule has 3 aromatic rings. The third kappa shape index (κ3) is 3.85. The molecule has 6 nitrogen and oxygen atoms in total. The quantitative estimate of drug-likeness (QED) is 0.684. The summed E-state index contributed by atoms with van der Waals surface area (Å²) in [6, 6.07) is 15.2. The van der Waals surface area contributed by atoms with E-state index in [0.717, 1.165) is 11.1 Å². The van der Waals surface area contributed by atoms with Gasteiger partial charge in [0.05, 0.1) is 31.2 Å². The lowest BCUT2D eigenvalue weighted by Gasteiger charge is -2.11. The molecule has 0 bridgehead atoms. The van der Waals surface area contributed by atoms with E-state index < -0.39 is 0 Å². The van der Waals surface area contributed by atoms with Crippen LogP contribution in [0.1, 0.15) is 22.8 Å². The maximum absolute atomic E-state index is 12.6. The van der Waals surface area contributed by atoms with Gasteiger partial charge in [-0.1, -0.05) is 36.4 Å². The molecule has 1 amide bonds. The van der Waals surface area contributed by atoms with Crippen molar-refractivity contribution in [3.63, 3.8) is 0 Å². The first kappa shape index (κ1) is 17.5. The summed E-state index contributed by atoms with van der Waals surface area (Å²) in [7, 11) is 1.60. The first-order chi connectivity index (χ1) is 12.7. The van der Waals surface area contributed by atoms with Gasteiger partial charge in [-0.2, -0.15) is 5.10 Å². The zero-order chi connectivity index (χ0) is 18.4. The summed E-state index contributed by atoms with van der Waals surface area (Å²) in [6.45, 7) is 2.84. The average molecular weight is 351 g/mol. The maximum atomic E-state index is 12.6. The summed E-state index contributed by atoms with van der Waals surface area (Å²) in [5.41, 5.74) is 3.05. The van der Waals surface area contributed by atoms with Gasteiger partial charge in [0.15, 0.2) is 11.5 Å². The molecule has 134 valence electrons. The van der Waals surface area contributed by atoms with E-state index in [9.17, 15) is 4.79 Å². The minimum Gasteiger partial charge on any atom is -0.493 e. The summed E-state index contributed by atoms with van der Waals surface area (Å²) in [5.74, 6) is 1.14. The SMILES string of the molecule is CCOc1cc(CNC(=O)c2cn[nH]c2-c2ccccc2)ccc1OC. The van der Waals surface area contributed by atoms with Crippen molar-refractivity contribution < 1.29 is 14.3 Å². The minimum absolute atomic E-state index is 0.189. The average Bonchev–Trinajstić information content (AvgIpc) is 3.17. The molecule has 3 rings (SSSR count). The van der Waals surface area contributed by atoms with E-state index in [4.69, 9.17) is 9.47 Å². The first-order valence-corrected chi connectivity index (χ1v) is 8.39. The molecule has 26 heavy (non-hydrogen) atoms. The second-order valence-corrected chi connectivity index (χ2v) is 5.63. The molecule has 0 atom stereocenters. The summed E-state index contributed by atoms with van der Waals surface area (Å²) in [5, 5.41) is 9.83. The number of ether oxygens (including phenoxy) is 2. The number of rotatable bonds is 7. The van der Waals surface area contributed by atoms with Crippen molar-refractivity contribution in [1.29, 1.82) is 0 Å². The Bertz CT molecular complexity index is 875.